The SMILES string of the molecule is C[Si](C)(CC[Si](C)(C)Nc1ccc(C(O)c2ccccc2)cc1)Nc1ccc(C(=O)c2ccccc2)cc1. The minimum Gasteiger partial charge on any atom is -0.411 e. The largest absolute Gasteiger partial charge is 0.411 e. The lowest BCUT2D eigenvalue weighted by Gasteiger charge is -2.31. The van der Waals surface area contributed by atoms with Gasteiger partial charge in [0.2, 0.25) is 0 Å². The van der Waals surface area contributed by atoms with Crippen LogP contribution >= 0.6 is 0 Å². The zero-order valence-electron chi connectivity index (χ0n) is 22.7. The van der Waals surface area contributed by atoms with Crippen LogP contribution in [0.5, 0.6) is 0 Å². The molecule has 0 amide bonds. The molecule has 3 N–H and O–H groups in total. The second-order valence-corrected chi connectivity index (χ2v) is 20.3. The van der Waals surface area contributed by atoms with Crippen LogP contribution in [-0.4, -0.2) is 27.4 Å². The zero-order valence-corrected chi connectivity index (χ0v) is 24.7. The Morgan fingerprint density at radius 1 is 0.605 bits per heavy atom. The first kappa shape index (κ1) is 27.6. The molecule has 1 unspecified atom stereocenters. The molecular formula is C32H38N2O2Si2. The molecule has 1 atom stereocenters. The summed E-state index contributed by atoms with van der Waals surface area (Å²) in [4.78, 5) is 20.3. The summed E-state index contributed by atoms with van der Waals surface area (Å²) in [6.45, 7) is 9.46. The molecule has 0 aliphatic carbocycles. The number of nitrogens with one attached hydrogen (secondary N) is 2. The van der Waals surface area contributed by atoms with Gasteiger partial charge < -0.3 is 15.1 Å². The molecule has 0 aliphatic rings. The van der Waals surface area contributed by atoms with Crippen molar-refractivity contribution in [3.63, 3.8) is 0 Å². The van der Waals surface area contributed by atoms with Crippen molar-refractivity contribution in [3.05, 3.63) is 131 Å². The van der Waals surface area contributed by atoms with Gasteiger partial charge in [0.05, 0.1) is 0 Å². The summed E-state index contributed by atoms with van der Waals surface area (Å²) >= 11 is 0. The highest BCUT2D eigenvalue weighted by Gasteiger charge is 2.28. The highest BCUT2D eigenvalue weighted by atomic mass is 28.3. The van der Waals surface area contributed by atoms with E-state index in [2.05, 4.69) is 48.3 Å². The molecular weight excluding hydrogens is 501 g/mol. The lowest BCUT2D eigenvalue weighted by molar-refractivity contribution is 0.103. The number of anilines is 2. The Balaban J connectivity index is 1.31. The van der Waals surface area contributed by atoms with E-state index in [0.717, 1.165) is 34.6 Å². The zero-order chi connectivity index (χ0) is 27.2. The van der Waals surface area contributed by atoms with Gasteiger partial charge in [-0.25, -0.2) is 0 Å². The summed E-state index contributed by atoms with van der Waals surface area (Å²) in [5.41, 5.74) is 5.41. The third-order valence-corrected chi connectivity index (χ3v) is 12.3. The van der Waals surface area contributed by atoms with Crippen molar-refractivity contribution in [1.82, 2.24) is 0 Å². The van der Waals surface area contributed by atoms with E-state index in [9.17, 15) is 9.90 Å². The minimum atomic E-state index is -1.71. The normalized spacial score (nSPS) is 12.6. The monoisotopic (exact) mass is 538 g/mol. The van der Waals surface area contributed by atoms with Crippen molar-refractivity contribution in [2.45, 2.75) is 44.4 Å². The van der Waals surface area contributed by atoms with Gasteiger partial charge in [-0.15, -0.1) is 0 Å². The van der Waals surface area contributed by atoms with Crippen molar-refractivity contribution < 1.29 is 9.90 Å². The van der Waals surface area contributed by atoms with E-state index in [1.807, 2.05) is 97.1 Å². The summed E-state index contributed by atoms with van der Waals surface area (Å²) < 4.78 is 0. The Morgan fingerprint density at radius 2 is 1.00 bits per heavy atom. The molecule has 0 radical (unpaired) electrons. The molecule has 4 rings (SSSR count). The van der Waals surface area contributed by atoms with E-state index in [-0.39, 0.29) is 5.78 Å². The number of aliphatic hydroxyl groups excluding tert-OH is 1. The van der Waals surface area contributed by atoms with E-state index in [0.29, 0.717) is 11.1 Å². The molecule has 0 aliphatic heterocycles. The maximum absolute atomic E-state index is 12.7. The van der Waals surface area contributed by atoms with Gasteiger partial charge in [-0.2, -0.15) is 0 Å². The Bertz CT molecular complexity index is 1320. The van der Waals surface area contributed by atoms with Crippen LogP contribution in [0.15, 0.2) is 109 Å². The topological polar surface area (TPSA) is 61.4 Å². The second-order valence-electron chi connectivity index (χ2n) is 11.2. The van der Waals surface area contributed by atoms with Gasteiger partial charge in [0.25, 0.3) is 0 Å². The van der Waals surface area contributed by atoms with Gasteiger partial charge in [-0.3, -0.25) is 4.79 Å². The van der Waals surface area contributed by atoms with E-state index in [4.69, 9.17) is 0 Å². The van der Waals surface area contributed by atoms with Crippen molar-refractivity contribution in [3.8, 4) is 0 Å². The molecule has 0 fully saturated rings. The number of ketones is 1. The second kappa shape index (κ2) is 11.9. The summed E-state index contributed by atoms with van der Waals surface area (Å²) in [6.07, 6.45) is -0.612. The van der Waals surface area contributed by atoms with Crippen molar-refractivity contribution in [2.24, 2.45) is 0 Å². The lowest BCUT2D eigenvalue weighted by atomic mass is 10.0. The van der Waals surface area contributed by atoms with Crippen LogP contribution in [0.1, 0.15) is 33.2 Å². The van der Waals surface area contributed by atoms with Crippen LogP contribution in [0.4, 0.5) is 11.4 Å². The van der Waals surface area contributed by atoms with Crippen molar-refractivity contribution >= 4 is 33.6 Å². The number of rotatable bonds is 11. The van der Waals surface area contributed by atoms with Gasteiger partial charge in [-0.05, 0) is 59.6 Å². The lowest BCUT2D eigenvalue weighted by Crippen LogP contribution is -2.43. The first-order valence-corrected chi connectivity index (χ1v) is 19.6. The predicted octanol–water partition coefficient (Wildman–Crippen LogP) is 7.93. The summed E-state index contributed by atoms with van der Waals surface area (Å²) in [5, 5.41) is 10.7. The number of carbonyl (C=O) groups is 1. The van der Waals surface area contributed by atoms with Gasteiger partial charge in [0, 0.05) is 22.5 Å². The molecule has 0 bridgehead atoms. The summed E-state index contributed by atoms with van der Waals surface area (Å²) in [5.74, 6) is 0.0510. The number of aliphatic hydroxyl groups is 1. The van der Waals surface area contributed by atoms with Gasteiger partial charge >= 0.3 is 0 Å². The third-order valence-electron chi connectivity index (χ3n) is 6.87. The maximum atomic E-state index is 12.7. The molecule has 0 heterocycles. The minimum absolute atomic E-state index is 0.0510. The van der Waals surface area contributed by atoms with Crippen LogP contribution in [-0.2, 0) is 0 Å². The molecule has 0 saturated heterocycles. The third kappa shape index (κ3) is 7.54. The van der Waals surface area contributed by atoms with Crippen molar-refractivity contribution in [1.29, 1.82) is 0 Å². The van der Waals surface area contributed by atoms with Crippen LogP contribution in [0, 0.1) is 0 Å². The van der Waals surface area contributed by atoms with E-state index in [1.165, 1.54) is 0 Å². The van der Waals surface area contributed by atoms with E-state index in [1.54, 1.807) is 0 Å². The number of carbonyl (C=O) groups excluding carboxylic acids is 1. The average Bonchev–Trinajstić information content (AvgIpc) is 2.93. The highest BCUT2D eigenvalue weighted by molar-refractivity contribution is 6.85. The fourth-order valence-corrected chi connectivity index (χ4v) is 11.7. The Labute approximate surface area is 228 Å². The van der Waals surface area contributed by atoms with Crippen LogP contribution in [0.25, 0.3) is 0 Å². The standard InChI is InChI=1S/C32H38N2O2Si2/c1-37(2,33-29-19-15-27(16-20-29)31(35)25-11-7-5-8-12-25)23-24-38(3,4)34-30-21-17-28(18-22-30)32(36)26-13-9-6-10-14-26/h5-22,31,33-35H,23-24H2,1-4H3. The Morgan fingerprint density at radius 3 is 1.50 bits per heavy atom. The molecule has 4 aromatic rings. The summed E-state index contributed by atoms with van der Waals surface area (Å²) in [6, 6.07) is 37.5. The fourth-order valence-electron chi connectivity index (χ4n) is 4.57. The predicted molar refractivity (Wildman–Crippen MR) is 165 cm³/mol. The quantitative estimate of drug-likeness (QED) is 0.134. The highest BCUT2D eigenvalue weighted by Crippen LogP contribution is 2.27. The van der Waals surface area contributed by atoms with Crippen LogP contribution in [0.3, 0.4) is 0 Å². The van der Waals surface area contributed by atoms with Crippen LogP contribution < -0.4 is 9.96 Å². The summed E-state index contributed by atoms with van der Waals surface area (Å²) in [7, 11) is -3.42. The first-order valence-electron chi connectivity index (χ1n) is 13.2. The molecule has 4 nitrogen and oxygen atoms in total. The molecule has 0 spiro atoms. The molecule has 6 heteroatoms. The van der Waals surface area contributed by atoms with Crippen LogP contribution in [0.2, 0.25) is 38.3 Å². The molecule has 0 saturated carbocycles. The smallest absolute Gasteiger partial charge is 0.193 e. The van der Waals surface area contributed by atoms with Gasteiger partial charge in [0.1, 0.15) is 22.6 Å². The molecule has 4 aromatic carbocycles. The van der Waals surface area contributed by atoms with Gasteiger partial charge in [-0.1, -0.05) is 99.0 Å². The molecule has 196 valence electrons. The Hall–Kier alpha value is -3.46. The number of hydrogen-bond donors (Lipinski definition) is 3. The van der Waals surface area contributed by atoms with Crippen molar-refractivity contribution in [2.75, 3.05) is 9.96 Å². The number of benzene rings is 4. The van der Waals surface area contributed by atoms with E-state index >= 15 is 0 Å². The average molecular weight is 539 g/mol. The van der Waals surface area contributed by atoms with E-state index < -0.39 is 22.6 Å². The fraction of sp³-hybridized carbons (Fsp3) is 0.219. The molecule has 38 heavy (non-hydrogen) atoms. The Kier molecular flexibility index (Phi) is 8.67. The number of hydrogen-bond acceptors (Lipinski definition) is 4. The molecule has 0 aromatic heterocycles. The van der Waals surface area contributed by atoms with Gasteiger partial charge in [0.15, 0.2) is 5.78 Å². The maximum Gasteiger partial charge on any atom is 0.193 e. The first-order chi connectivity index (χ1) is 18.1.